The summed E-state index contributed by atoms with van der Waals surface area (Å²) >= 11 is 0. The standard InChI is InChI=1S/C20H23NO5/c1-24-18-13-16(10-11-17(22)15-7-4-3-5-8-15)21-14-19(18)26-12-6-9-20(23)25-2/h3-5,7-8,10-11,13-14,17,22H,6,9,12H2,1-2H3. The maximum atomic E-state index is 11.1. The molecule has 1 N–H and O–H groups in total. The third-order valence-corrected chi connectivity index (χ3v) is 3.67. The molecule has 0 radical (unpaired) electrons. The van der Waals surface area contributed by atoms with Crippen LogP contribution in [0.4, 0.5) is 0 Å². The van der Waals surface area contributed by atoms with Crippen molar-refractivity contribution in [2.75, 3.05) is 20.8 Å². The normalized spacial score (nSPS) is 12.0. The molecule has 2 rings (SSSR count). The largest absolute Gasteiger partial charge is 0.493 e. The Morgan fingerprint density at radius 2 is 2.00 bits per heavy atom. The van der Waals surface area contributed by atoms with Crippen molar-refractivity contribution < 1.29 is 24.1 Å². The van der Waals surface area contributed by atoms with E-state index >= 15 is 0 Å². The van der Waals surface area contributed by atoms with Gasteiger partial charge in [0.1, 0.15) is 0 Å². The van der Waals surface area contributed by atoms with Crippen LogP contribution in [-0.2, 0) is 9.53 Å². The number of ether oxygens (including phenoxy) is 3. The molecule has 138 valence electrons. The summed E-state index contributed by atoms with van der Waals surface area (Å²) in [6.07, 6.45) is 5.07. The summed E-state index contributed by atoms with van der Waals surface area (Å²) in [5, 5.41) is 10.2. The first kappa shape index (κ1) is 19.5. The lowest BCUT2D eigenvalue weighted by atomic mass is 10.1. The van der Waals surface area contributed by atoms with E-state index in [-0.39, 0.29) is 5.97 Å². The minimum Gasteiger partial charge on any atom is -0.493 e. The highest BCUT2D eigenvalue weighted by atomic mass is 16.5. The van der Waals surface area contributed by atoms with Crippen LogP contribution >= 0.6 is 0 Å². The molecule has 0 aliphatic heterocycles. The first-order chi connectivity index (χ1) is 12.6. The molecule has 0 aliphatic rings. The van der Waals surface area contributed by atoms with Crippen LogP contribution in [-0.4, -0.2) is 36.9 Å². The number of benzene rings is 1. The number of aromatic nitrogens is 1. The van der Waals surface area contributed by atoms with Crippen molar-refractivity contribution in [1.82, 2.24) is 4.98 Å². The van der Waals surface area contributed by atoms with Gasteiger partial charge in [0.25, 0.3) is 0 Å². The summed E-state index contributed by atoms with van der Waals surface area (Å²) in [6.45, 7) is 0.356. The Morgan fingerprint density at radius 3 is 2.69 bits per heavy atom. The van der Waals surface area contributed by atoms with Crippen molar-refractivity contribution in [3.8, 4) is 11.5 Å². The molecule has 0 saturated heterocycles. The van der Waals surface area contributed by atoms with Crippen molar-refractivity contribution in [3.05, 3.63) is 59.9 Å². The van der Waals surface area contributed by atoms with Crippen LogP contribution in [0.25, 0.3) is 6.08 Å². The SMILES string of the molecule is COC(=O)CCCOc1cnc(C=CC(O)c2ccccc2)cc1OC. The Balaban J connectivity index is 1.96. The summed E-state index contributed by atoms with van der Waals surface area (Å²) < 4.78 is 15.5. The van der Waals surface area contributed by atoms with Gasteiger partial charge in [-0.2, -0.15) is 0 Å². The number of aliphatic hydroxyl groups is 1. The predicted octanol–water partition coefficient (Wildman–Crippen LogP) is 3.17. The van der Waals surface area contributed by atoms with Crippen LogP contribution in [0.2, 0.25) is 0 Å². The van der Waals surface area contributed by atoms with Crippen molar-refractivity contribution in [2.45, 2.75) is 18.9 Å². The van der Waals surface area contributed by atoms with E-state index in [1.165, 1.54) is 7.11 Å². The number of hydrogen-bond acceptors (Lipinski definition) is 6. The van der Waals surface area contributed by atoms with Gasteiger partial charge in [-0.05, 0) is 24.1 Å². The van der Waals surface area contributed by atoms with Gasteiger partial charge >= 0.3 is 5.97 Å². The Bertz CT molecular complexity index is 730. The van der Waals surface area contributed by atoms with Crippen molar-refractivity contribution in [2.24, 2.45) is 0 Å². The van der Waals surface area contributed by atoms with Gasteiger partial charge in [0.05, 0.1) is 38.8 Å². The zero-order chi connectivity index (χ0) is 18.8. The van der Waals surface area contributed by atoms with E-state index in [0.29, 0.717) is 36.6 Å². The molecule has 0 aliphatic carbocycles. The topological polar surface area (TPSA) is 77.9 Å². The number of esters is 1. The fourth-order valence-electron chi connectivity index (χ4n) is 2.25. The number of hydrogen-bond donors (Lipinski definition) is 1. The van der Waals surface area contributed by atoms with E-state index in [9.17, 15) is 9.90 Å². The molecule has 6 nitrogen and oxygen atoms in total. The fraction of sp³-hybridized carbons (Fsp3) is 0.300. The summed E-state index contributed by atoms with van der Waals surface area (Å²) in [5.41, 5.74) is 1.44. The molecule has 0 fully saturated rings. The van der Waals surface area contributed by atoms with Gasteiger partial charge in [0, 0.05) is 12.5 Å². The number of nitrogens with zero attached hydrogens (tertiary/aromatic N) is 1. The number of pyridine rings is 1. The van der Waals surface area contributed by atoms with E-state index in [1.54, 1.807) is 31.5 Å². The highest BCUT2D eigenvalue weighted by molar-refractivity contribution is 5.69. The second-order valence-corrected chi connectivity index (χ2v) is 5.50. The molecular weight excluding hydrogens is 334 g/mol. The second kappa shape index (κ2) is 10.2. The van der Waals surface area contributed by atoms with E-state index < -0.39 is 6.10 Å². The molecule has 0 saturated carbocycles. The van der Waals surface area contributed by atoms with E-state index in [4.69, 9.17) is 9.47 Å². The average Bonchev–Trinajstić information content (AvgIpc) is 2.70. The molecular formula is C20H23NO5. The molecule has 1 aromatic heterocycles. The molecule has 0 spiro atoms. The Hall–Kier alpha value is -2.86. The van der Waals surface area contributed by atoms with Gasteiger partial charge in [-0.15, -0.1) is 0 Å². The molecule has 1 atom stereocenters. The molecule has 1 unspecified atom stereocenters. The van der Waals surface area contributed by atoms with Crippen LogP contribution in [0.5, 0.6) is 11.5 Å². The summed E-state index contributed by atoms with van der Waals surface area (Å²) in [7, 11) is 2.90. The first-order valence-electron chi connectivity index (χ1n) is 8.29. The van der Waals surface area contributed by atoms with Crippen LogP contribution < -0.4 is 9.47 Å². The van der Waals surface area contributed by atoms with Gasteiger partial charge in [-0.1, -0.05) is 30.3 Å². The zero-order valence-corrected chi connectivity index (χ0v) is 14.9. The highest BCUT2D eigenvalue weighted by Gasteiger charge is 2.08. The highest BCUT2D eigenvalue weighted by Crippen LogP contribution is 2.27. The number of aliphatic hydroxyl groups excluding tert-OH is 1. The molecule has 1 heterocycles. The maximum Gasteiger partial charge on any atom is 0.305 e. The lowest BCUT2D eigenvalue weighted by Crippen LogP contribution is -2.05. The Kier molecular flexibility index (Phi) is 7.64. The molecule has 26 heavy (non-hydrogen) atoms. The minimum atomic E-state index is -0.710. The van der Waals surface area contributed by atoms with Crippen molar-refractivity contribution >= 4 is 12.0 Å². The smallest absolute Gasteiger partial charge is 0.305 e. The Labute approximate surface area is 153 Å². The first-order valence-corrected chi connectivity index (χ1v) is 8.29. The molecule has 6 heteroatoms. The van der Waals surface area contributed by atoms with Crippen LogP contribution in [0, 0.1) is 0 Å². The van der Waals surface area contributed by atoms with Gasteiger partial charge in [-0.25, -0.2) is 0 Å². The van der Waals surface area contributed by atoms with E-state index in [0.717, 1.165) is 5.56 Å². The average molecular weight is 357 g/mol. The fourth-order valence-corrected chi connectivity index (χ4v) is 2.25. The van der Waals surface area contributed by atoms with Crippen LogP contribution in [0.3, 0.4) is 0 Å². The molecule has 1 aromatic carbocycles. The summed E-state index contributed by atoms with van der Waals surface area (Å²) in [6, 6.07) is 11.1. The van der Waals surface area contributed by atoms with Gasteiger partial charge in [0.2, 0.25) is 0 Å². The maximum absolute atomic E-state index is 11.1. The van der Waals surface area contributed by atoms with Crippen LogP contribution in [0.15, 0.2) is 48.7 Å². The quantitative estimate of drug-likeness (QED) is 0.549. The van der Waals surface area contributed by atoms with Crippen LogP contribution in [0.1, 0.15) is 30.2 Å². The molecule has 0 bridgehead atoms. The number of carbonyl (C=O) groups excluding carboxylic acids is 1. The van der Waals surface area contributed by atoms with Gasteiger partial charge in [-0.3, -0.25) is 9.78 Å². The lowest BCUT2D eigenvalue weighted by Gasteiger charge is -2.11. The number of carbonyl (C=O) groups is 1. The number of methoxy groups -OCH3 is 2. The molecule has 2 aromatic rings. The number of rotatable bonds is 9. The summed E-state index contributed by atoms with van der Waals surface area (Å²) in [5.74, 6) is 0.765. The zero-order valence-electron chi connectivity index (χ0n) is 14.9. The lowest BCUT2D eigenvalue weighted by molar-refractivity contribution is -0.140. The predicted molar refractivity (Wildman–Crippen MR) is 98.0 cm³/mol. The Morgan fingerprint density at radius 1 is 1.23 bits per heavy atom. The monoisotopic (exact) mass is 357 g/mol. The van der Waals surface area contributed by atoms with E-state index in [1.807, 2.05) is 30.3 Å². The summed E-state index contributed by atoms with van der Waals surface area (Å²) in [4.78, 5) is 15.4. The van der Waals surface area contributed by atoms with Gasteiger partial charge < -0.3 is 19.3 Å². The van der Waals surface area contributed by atoms with Crippen molar-refractivity contribution in [1.29, 1.82) is 0 Å². The third-order valence-electron chi connectivity index (χ3n) is 3.67. The van der Waals surface area contributed by atoms with E-state index in [2.05, 4.69) is 9.72 Å². The molecule has 0 amide bonds. The third kappa shape index (κ3) is 5.89. The second-order valence-electron chi connectivity index (χ2n) is 5.50. The minimum absolute atomic E-state index is 0.267. The van der Waals surface area contributed by atoms with Gasteiger partial charge in [0.15, 0.2) is 11.5 Å². The van der Waals surface area contributed by atoms with Crippen molar-refractivity contribution in [3.63, 3.8) is 0 Å².